The van der Waals surface area contributed by atoms with Crippen molar-refractivity contribution in [2.75, 3.05) is 0 Å². The summed E-state index contributed by atoms with van der Waals surface area (Å²) in [5, 5.41) is 30.0. The molecule has 0 spiro atoms. The van der Waals surface area contributed by atoms with Crippen molar-refractivity contribution < 1.29 is 38.1 Å². The Morgan fingerprint density at radius 1 is 0.938 bits per heavy atom. The highest BCUT2D eigenvalue weighted by Gasteiger charge is 2.29. The average Bonchev–Trinajstić information content (AvgIpc) is 2.72. The summed E-state index contributed by atoms with van der Waals surface area (Å²) in [7, 11) is -4.17. The fourth-order valence-electron chi connectivity index (χ4n) is 2.82. The number of carboxylic acids is 2. The molecule has 32 heavy (non-hydrogen) atoms. The van der Waals surface area contributed by atoms with Gasteiger partial charge in [-0.05, 0) is 43.2 Å². The number of amides is 1. The molecule has 172 valence electrons. The molecule has 0 heterocycles. The van der Waals surface area contributed by atoms with Gasteiger partial charge in [-0.1, -0.05) is 29.8 Å². The van der Waals surface area contributed by atoms with Crippen molar-refractivity contribution in [1.29, 1.82) is 0 Å². The van der Waals surface area contributed by atoms with E-state index in [1.54, 1.807) is 19.1 Å². The van der Waals surface area contributed by atoms with E-state index in [2.05, 4.69) is 10.0 Å². The van der Waals surface area contributed by atoms with Crippen LogP contribution in [-0.4, -0.2) is 53.7 Å². The summed E-state index contributed by atoms with van der Waals surface area (Å²) in [4.78, 5) is 35.2. The predicted molar refractivity (Wildman–Crippen MR) is 114 cm³/mol. The number of carbonyl (C=O) groups is 3. The van der Waals surface area contributed by atoms with Crippen LogP contribution < -0.4 is 10.0 Å². The zero-order chi connectivity index (χ0) is 23.9. The second-order valence-corrected chi connectivity index (χ2v) is 8.90. The number of carbonyl (C=O) groups excluding carboxylic acids is 1. The molecule has 0 aliphatic carbocycles. The highest BCUT2D eigenvalue weighted by molar-refractivity contribution is 7.89. The lowest BCUT2D eigenvalue weighted by atomic mass is 10.0. The number of nitrogens with one attached hydrogen (secondary N) is 2. The molecule has 1 amide bonds. The van der Waals surface area contributed by atoms with Crippen molar-refractivity contribution in [3.8, 4) is 5.75 Å². The molecule has 2 atom stereocenters. The molecule has 0 unspecified atom stereocenters. The summed E-state index contributed by atoms with van der Waals surface area (Å²) in [5.74, 6) is -3.57. The minimum atomic E-state index is -4.17. The van der Waals surface area contributed by atoms with Crippen LogP contribution in [0.1, 0.15) is 24.0 Å². The van der Waals surface area contributed by atoms with Crippen molar-refractivity contribution in [3.05, 3.63) is 59.7 Å². The van der Waals surface area contributed by atoms with Crippen molar-refractivity contribution in [1.82, 2.24) is 10.0 Å². The monoisotopic (exact) mass is 464 g/mol. The highest BCUT2D eigenvalue weighted by atomic mass is 32.2. The van der Waals surface area contributed by atoms with Crippen molar-refractivity contribution >= 4 is 27.9 Å². The summed E-state index contributed by atoms with van der Waals surface area (Å²) in [5.41, 5.74) is 1.33. The zero-order valence-corrected chi connectivity index (χ0v) is 18.0. The first-order chi connectivity index (χ1) is 15.0. The van der Waals surface area contributed by atoms with Crippen LogP contribution >= 0.6 is 0 Å². The van der Waals surface area contributed by atoms with E-state index in [0.29, 0.717) is 5.56 Å². The van der Waals surface area contributed by atoms with E-state index >= 15 is 0 Å². The Morgan fingerprint density at radius 3 is 2.06 bits per heavy atom. The molecular weight excluding hydrogens is 440 g/mol. The van der Waals surface area contributed by atoms with Crippen LogP contribution in [0.3, 0.4) is 0 Å². The number of hydrogen-bond acceptors (Lipinski definition) is 6. The predicted octanol–water partition coefficient (Wildman–Crippen LogP) is 1.02. The Hall–Kier alpha value is -3.44. The van der Waals surface area contributed by atoms with Crippen LogP contribution in [0.4, 0.5) is 0 Å². The van der Waals surface area contributed by atoms with Crippen molar-refractivity contribution in [3.63, 3.8) is 0 Å². The van der Waals surface area contributed by atoms with Gasteiger partial charge in [-0.2, -0.15) is 4.72 Å². The molecule has 0 radical (unpaired) electrons. The molecule has 0 bridgehead atoms. The van der Waals surface area contributed by atoms with Gasteiger partial charge in [-0.15, -0.1) is 0 Å². The Morgan fingerprint density at radius 2 is 1.53 bits per heavy atom. The van der Waals surface area contributed by atoms with Crippen molar-refractivity contribution in [2.24, 2.45) is 0 Å². The largest absolute Gasteiger partial charge is 0.508 e. The first-order valence-corrected chi connectivity index (χ1v) is 11.1. The second kappa shape index (κ2) is 10.7. The second-order valence-electron chi connectivity index (χ2n) is 7.19. The number of aromatic hydroxyl groups is 1. The van der Waals surface area contributed by atoms with Gasteiger partial charge in [0.05, 0.1) is 4.90 Å². The lowest BCUT2D eigenvalue weighted by Gasteiger charge is -2.21. The van der Waals surface area contributed by atoms with E-state index in [4.69, 9.17) is 5.11 Å². The number of aliphatic carboxylic acids is 2. The minimum absolute atomic E-state index is 0.0103. The number of sulfonamides is 1. The summed E-state index contributed by atoms with van der Waals surface area (Å²) < 4.78 is 27.5. The molecule has 0 aliphatic heterocycles. The molecule has 0 saturated carbocycles. The molecule has 2 rings (SSSR count). The fourth-order valence-corrected chi connectivity index (χ4v) is 4.05. The zero-order valence-electron chi connectivity index (χ0n) is 17.2. The fraction of sp³-hybridized carbons (Fsp3) is 0.286. The smallest absolute Gasteiger partial charge is 0.326 e. The lowest BCUT2D eigenvalue weighted by Crippen LogP contribution is -2.52. The lowest BCUT2D eigenvalue weighted by molar-refractivity contribution is -0.142. The van der Waals surface area contributed by atoms with Gasteiger partial charge in [0, 0.05) is 12.8 Å². The van der Waals surface area contributed by atoms with Crippen LogP contribution in [0.25, 0.3) is 0 Å². The van der Waals surface area contributed by atoms with Gasteiger partial charge in [0.25, 0.3) is 0 Å². The summed E-state index contributed by atoms with van der Waals surface area (Å²) in [6.45, 7) is 1.77. The third-order valence-electron chi connectivity index (χ3n) is 4.58. The Labute approximate surface area is 185 Å². The molecule has 2 aromatic rings. The third-order valence-corrected chi connectivity index (χ3v) is 6.07. The van der Waals surface area contributed by atoms with E-state index < -0.39 is 46.4 Å². The van der Waals surface area contributed by atoms with Gasteiger partial charge in [-0.25, -0.2) is 13.2 Å². The summed E-state index contributed by atoms with van der Waals surface area (Å²) in [6, 6.07) is 8.62. The molecule has 10 nitrogen and oxygen atoms in total. The topological polar surface area (TPSA) is 170 Å². The van der Waals surface area contributed by atoms with E-state index in [1.165, 1.54) is 36.4 Å². The van der Waals surface area contributed by atoms with Crippen LogP contribution in [0.5, 0.6) is 5.75 Å². The maximum absolute atomic E-state index is 12.7. The normalized spacial score (nSPS) is 13.2. The van der Waals surface area contributed by atoms with E-state index in [-0.39, 0.29) is 23.5 Å². The van der Waals surface area contributed by atoms with Gasteiger partial charge in [0.2, 0.25) is 15.9 Å². The molecule has 0 aromatic heterocycles. The number of hydrogen-bond donors (Lipinski definition) is 5. The summed E-state index contributed by atoms with van der Waals surface area (Å²) >= 11 is 0. The molecule has 0 aliphatic rings. The molecular formula is C21H24N2O8S. The number of phenolic OH excluding ortho intramolecular Hbond substituents is 1. The van der Waals surface area contributed by atoms with Gasteiger partial charge in [0.15, 0.2) is 0 Å². The van der Waals surface area contributed by atoms with Gasteiger partial charge < -0.3 is 20.6 Å². The van der Waals surface area contributed by atoms with Crippen molar-refractivity contribution in [2.45, 2.75) is 43.2 Å². The molecule has 2 aromatic carbocycles. The Bertz CT molecular complexity index is 1070. The number of benzene rings is 2. The maximum atomic E-state index is 12.7. The maximum Gasteiger partial charge on any atom is 0.326 e. The van der Waals surface area contributed by atoms with Gasteiger partial charge in [0.1, 0.15) is 17.8 Å². The molecule has 11 heteroatoms. The standard InChI is InChI=1S/C21H24N2O8S/c1-13-2-8-16(9-3-13)32(30,31)23-17(10-11-19(25)26)20(27)22-18(21(28)29)12-14-4-6-15(24)7-5-14/h2-9,17-18,23-24H,10-12H2,1H3,(H,22,27)(H,25,26)(H,28,29)/t17-,18-/m0/s1. The van der Waals surface area contributed by atoms with Crippen LogP contribution in [0.2, 0.25) is 0 Å². The van der Waals surface area contributed by atoms with Gasteiger partial charge in [-0.3, -0.25) is 9.59 Å². The third kappa shape index (κ3) is 7.36. The average molecular weight is 464 g/mol. The van der Waals surface area contributed by atoms with Gasteiger partial charge >= 0.3 is 11.9 Å². The number of phenols is 1. The molecule has 0 saturated heterocycles. The molecule has 0 fully saturated rings. The minimum Gasteiger partial charge on any atom is -0.508 e. The molecule has 5 N–H and O–H groups in total. The van der Waals surface area contributed by atoms with E-state index in [0.717, 1.165) is 5.56 Å². The Kier molecular flexibility index (Phi) is 8.33. The Balaban J connectivity index is 2.20. The first kappa shape index (κ1) is 24.8. The van der Waals surface area contributed by atoms with Crippen LogP contribution in [0, 0.1) is 6.92 Å². The van der Waals surface area contributed by atoms with Crippen LogP contribution in [-0.2, 0) is 30.8 Å². The summed E-state index contributed by atoms with van der Waals surface area (Å²) in [6.07, 6.45) is -1.01. The number of aryl methyl sites for hydroxylation is 1. The highest BCUT2D eigenvalue weighted by Crippen LogP contribution is 2.14. The van der Waals surface area contributed by atoms with Crippen LogP contribution in [0.15, 0.2) is 53.4 Å². The SMILES string of the molecule is Cc1ccc(S(=O)(=O)N[C@@H](CCC(=O)O)C(=O)N[C@@H](Cc2ccc(O)cc2)C(=O)O)cc1. The van der Waals surface area contributed by atoms with E-state index in [1.807, 2.05) is 0 Å². The number of rotatable bonds is 11. The van der Waals surface area contributed by atoms with E-state index in [9.17, 15) is 33.0 Å². The number of carboxylic acid groups (broad SMARTS) is 2. The quantitative estimate of drug-likeness (QED) is 0.328. The first-order valence-electron chi connectivity index (χ1n) is 9.60.